The van der Waals surface area contributed by atoms with Gasteiger partial charge in [0, 0.05) is 24.8 Å². The summed E-state index contributed by atoms with van der Waals surface area (Å²) in [5, 5.41) is 3.46. The summed E-state index contributed by atoms with van der Waals surface area (Å²) in [4.78, 5) is 11.1. The van der Waals surface area contributed by atoms with Crippen LogP contribution in [0.15, 0.2) is 24.3 Å². The first-order valence-corrected chi connectivity index (χ1v) is 6.74. The van der Waals surface area contributed by atoms with Gasteiger partial charge in [-0.2, -0.15) is 0 Å². The van der Waals surface area contributed by atoms with Crippen molar-refractivity contribution in [3.05, 3.63) is 35.4 Å². The van der Waals surface area contributed by atoms with Gasteiger partial charge in [0.05, 0.1) is 6.61 Å². The minimum Gasteiger partial charge on any atom is -0.380 e. The number of nitrogens with one attached hydrogen (secondary N) is 1. The molecule has 0 radical (unpaired) electrons. The number of benzene rings is 1. The van der Waals surface area contributed by atoms with Crippen LogP contribution in [-0.4, -0.2) is 25.2 Å². The second-order valence-electron chi connectivity index (χ2n) is 4.96. The van der Waals surface area contributed by atoms with E-state index in [4.69, 9.17) is 10.5 Å². The van der Waals surface area contributed by atoms with Crippen LogP contribution in [0.4, 0.5) is 0 Å². The molecule has 3 N–H and O–H groups in total. The average Bonchev–Trinajstić information content (AvgIpc) is 2.38. The predicted molar refractivity (Wildman–Crippen MR) is 76.9 cm³/mol. The lowest BCUT2D eigenvalue weighted by molar-refractivity contribution is 0.0999. The quantitative estimate of drug-likeness (QED) is 0.754. The Morgan fingerprint density at radius 3 is 2.74 bits per heavy atom. The second-order valence-corrected chi connectivity index (χ2v) is 4.96. The van der Waals surface area contributed by atoms with Gasteiger partial charge in [-0.15, -0.1) is 0 Å². The van der Waals surface area contributed by atoms with Crippen LogP contribution in [0.5, 0.6) is 0 Å². The molecule has 1 atom stereocenters. The van der Waals surface area contributed by atoms with Crippen molar-refractivity contribution < 1.29 is 9.53 Å². The molecule has 0 aliphatic rings. The Balaban J connectivity index is 2.58. The van der Waals surface area contributed by atoms with Gasteiger partial charge >= 0.3 is 0 Å². The number of carbonyl (C=O) groups is 1. The summed E-state index contributed by atoms with van der Waals surface area (Å²) in [5.74, 6) is 0.0995. The molecule has 1 aromatic rings. The van der Waals surface area contributed by atoms with E-state index in [0.717, 1.165) is 12.2 Å². The fourth-order valence-corrected chi connectivity index (χ4v) is 1.82. The largest absolute Gasteiger partial charge is 0.380 e. The summed E-state index contributed by atoms with van der Waals surface area (Å²) in [5.41, 5.74) is 6.87. The van der Waals surface area contributed by atoms with E-state index in [2.05, 4.69) is 19.2 Å². The highest BCUT2D eigenvalue weighted by Crippen LogP contribution is 2.07. The smallest absolute Gasteiger partial charge is 0.248 e. The Labute approximate surface area is 115 Å². The van der Waals surface area contributed by atoms with Crippen LogP contribution in [0.2, 0.25) is 0 Å². The summed E-state index contributed by atoms with van der Waals surface area (Å²) in [6.07, 6.45) is 0. The van der Waals surface area contributed by atoms with Gasteiger partial charge < -0.3 is 15.8 Å². The van der Waals surface area contributed by atoms with Crippen LogP contribution in [0.3, 0.4) is 0 Å². The van der Waals surface area contributed by atoms with Gasteiger partial charge in [-0.05, 0) is 30.5 Å². The van der Waals surface area contributed by atoms with Crippen LogP contribution in [0.1, 0.15) is 36.7 Å². The molecule has 0 saturated heterocycles. The van der Waals surface area contributed by atoms with Crippen molar-refractivity contribution in [2.24, 2.45) is 11.7 Å². The van der Waals surface area contributed by atoms with Crippen molar-refractivity contribution >= 4 is 5.91 Å². The van der Waals surface area contributed by atoms with Gasteiger partial charge in [-0.25, -0.2) is 0 Å². The Bertz CT molecular complexity index is 405. The zero-order valence-corrected chi connectivity index (χ0v) is 12.0. The highest BCUT2D eigenvalue weighted by Gasteiger charge is 2.12. The van der Waals surface area contributed by atoms with Gasteiger partial charge in [-0.3, -0.25) is 4.79 Å². The number of primary amides is 1. The topological polar surface area (TPSA) is 64.3 Å². The summed E-state index contributed by atoms with van der Waals surface area (Å²) in [7, 11) is 0. The van der Waals surface area contributed by atoms with E-state index in [9.17, 15) is 4.79 Å². The van der Waals surface area contributed by atoms with Crippen LogP contribution >= 0.6 is 0 Å². The lowest BCUT2D eigenvalue weighted by Crippen LogP contribution is -2.37. The summed E-state index contributed by atoms with van der Waals surface area (Å²) in [6, 6.07) is 7.69. The molecule has 1 rings (SSSR count). The van der Waals surface area contributed by atoms with Crippen LogP contribution < -0.4 is 11.1 Å². The number of ether oxygens (including phenoxy) is 1. The summed E-state index contributed by atoms with van der Waals surface area (Å²) in [6.45, 7) is 8.45. The lowest BCUT2D eigenvalue weighted by Gasteiger charge is -2.22. The predicted octanol–water partition coefficient (Wildman–Crippen LogP) is 1.94. The molecular formula is C15H24N2O2. The monoisotopic (exact) mass is 264 g/mol. The van der Waals surface area contributed by atoms with E-state index in [1.165, 1.54) is 0 Å². The Hall–Kier alpha value is -1.39. The standard InChI is InChI=1S/C15H24N2O2/c1-4-19-10-14(11(2)3)17-9-12-6-5-7-13(8-12)15(16)18/h5-8,11,14,17H,4,9-10H2,1-3H3,(H2,16,18). The lowest BCUT2D eigenvalue weighted by atomic mass is 10.0. The molecular weight excluding hydrogens is 240 g/mol. The third-order valence-electron chi connectivity index (χ3n) is 3.09. The van der Waals surface area contributed by atoms with Crippen molar-refractivity contribution in [3.8, 4) is 0 Å². The number of amides is 1. The van der Waals surface area contributed by atoms with Gasteiger partial charge in [0.1, 0.15) is 0 Å². The number of nitrogens with two attached hydrogens (primary N) is 1. The molecule has 1 unspecified atom stereocenters. The van der Waals surface area contributed by atoms with Crippen molar-refractivity contribution in [2.45, 2.75) is 33.4 Å². The molecule has 19 heavy (non-hydrogen) atoms. The zero-order valence-electron chi connectivity index (χ0n) is 12.0. The van der Waals surface area contributed by atoms with Gasteiger partial charge in [0.15, 0.2) is 0 Å². The Kier molecular flexibility index (Phi) is 6.53. The molecule has 1 amide bonds. The first-order valence-electron chi connectivity index (χ1n) is 6.74. The first kappa shape index (κ1) is 15.7. The molecule has 0 heterocycles. The molecule has 0 aliphatic heterocycles. The highest BCUT2D eigenvalue weighted by atomic mass is 16.5. The number of hydrogen-bond donors (Lipinski definition) is 2. The minimum absolute atomic E-state index is 0.303. The molecule has 0 bridgehead atoms. The number of hydrogen-bond acceptors (Lipinski definition) is 3. The molecule has 4 nitrogen and oxygen atoms in total. The SMILES string of the molecule is CCOCC(NCc1cccc(C(N)=O)c1)C(C)C. The third-order valence-corrected chi connectivity index (χ3v) is 3.09. The summed E-state index contributed by atoms with van der Waals surface area (Å²) >= 11 is 0. The van der Waals surface area contributed by atoms with Gasteiger partial charge in [0.2, 0.25) is 5.91 Å². The van der Waals surface area contributed by atoms with Crippen LogP contribution in [0.25, 0.3) is 0 Å². The average molecular weight is 264 g/mol. The van der Waals surface area contributed by atoms with Gasteiger partial charge in [-0.1, -0.05) is 26.0 Å². The van der Waals surface area contributed by atoms with E-state index in [1.54, 1.807) is 6.07 Å². The number of carbonyl (C=O) groups excluding carboxylic acids is 1. The maximum absolute atomic E-state index is 11.1. The van der Waals surface area contributed by atoms with Crippen LogP contribution in [0, 0.1) is 5.92 Å². The van der Waals surface area contributed by atoms with E-state index < -0.39 is 5.91 Å². The van der Waals surface area contributed by atoms with E-state index in [0.29, 0.717) is 30.7 Å². The second kappa shape index (κ2) is 7.92. The van der Waals surface area contributed by atoms with Gasteiger partial charge in [0.25, 0.3) is 0 Å². The zero-order chi connectivity index (χ0) is 14.3. The van der Waals surface area contributed by atoms with E-state index in [-0.39, 0.29) is 0 Å². The number of rotatable bonds is 8. The molecule has 0 spiro atoms. The fourth-order valence-electron chi connectivity index (χ4n) is 1.82. The van der Waals surface area contributed by atoms with E-state index in [1.807, 2.05) is 25.1 Å². The Morgan fingerprint density at radius 1 is 1.42 bits per heavy atom. The molecule has 0 saturated carbocycles. The van der Waals surface area contributed by atoms with Crippen molar-refractivity contribution in [1.29, 1.82) is 0 Å². The van der Waals surface area contributed by atoms with Crippen molar-refractivity contribution in [2.75, 3.05) is 13.2 Å². The van der Waals surface area contributed by atoms with Crippen molar-refractivity contribution in [1.82, 2.24) is 5.32 Å². The molecule has 0 fully saturated rings. The molecule has 0 aliphatic carbocycles. The maximum atomic E-state index is 11.1. The highest BCUT2D eigenvalue weighted by molar-refractivity contribution is 5.92. The summed E-state index contributed by atoms with van der Waals surface area (Å²) < 4.78 is 5.47. The molecule has 1 aromatic carbocycles. The van der Waals surface area contributed by atoms with Crippen molar-refractivity contribution in [3.63, 3.8) is 0 Å². The normalized spacial score (nSPS) is 12.6. The third kappa shape index (κ3) is 5.41. The molecule has 0 aromatic heterocycles. The Morgan fingerprint density at radius 2 is 2.16 bits per heavy atom. The first-order chi connectivity index (χ1) is 9.04. The maximum Gasteiger partial charge on any atom is 0.248 e. The van der Waals surface area contributed by atoms with E-state index >= 15 is 0 Å². The minimum atomic E-state index is -0.392. The van der Waals surface area contributed by atoms with Crippen LogP contribution in [-0.2, 0) is 11.3 Å². The fraction of sp³-hybridized carbons (Fsp3) is 0.533. The molecule has 106 valence electrons. The molecule has 4 heteroatoms.